The zero-order chi connectivity index (χ0) is 27.3. The number of aromatic carboxylic acids is 1. The Kier molecular flexibility index (Phi) is 10.4. The third-order valence-corrected chi connectivity index (χ3v) is 13.8. The maximum Gasteiger partial charge on any atom is 0.494 e. The molecule has 1 aromatic carbocycles. The molecule has 0 atom stereocenters. The van der Waals surface area contributed by atoms with Crippen molar-refractivity contribution in [3.8, 4) is 0 Å². The fourth-order valence-electron chi connectivity index (χ4n) is 6.86. The zero-order valence-corrected chi connectivity index (χ0v) is 25.0. The Labute approximate surface area is 231 Å². The summed E-state index contributed by atoms with van der Waals surface area (Å²) in [7, 11) is -0.307. The standard InChI is InChI=1S/C18H33P.C13H16BFO4/c1-4-10-16(11-5-1)19(17-12-6-2-7-13-17)18-14-8-3-9-15-18;1-12(2)13(3,4)19-14(18-12)8-5-6-9(11(16)17)10(15)7-8/h16-18H,1-15H2;5-7H,1-4H3,(H,16,17). The number of carboxylic acid groups (broad SMARTS) is 1. The zero-order valence-electron chi connectivity index (χ0n) is 24.1. The summed E-state index contributed by atoms with van der Waals surface area (Å²) in [4.78, 5) is 10.8. The first-order valence-electron chi connectivity index (χ1n) is 15.2. The van der Waals surface area contributed by atoms with Crippen molar-refractivity contribution in [1.29, 1.82) is 0 Å². The number of rotatable bonds is 5. The Hall–Kier alpha value is -0.965. The van der Waals surface area contributed by atoms with Crippen LogP contribution >= 0.6 is 7.92 Å². The van der Waals surface area contributed by atoms with Gasteiger partial charge in [-0.2, -0.15) is 0 Å². The van der Waals surface area contributed by atoms with E-state index in [-0.39, 0.29) is 5.56 Å². The second-order valence-electron chi connectivity index (χ2n) is 13.0. The molecule has 0 unspecified atom stereocenters. The van der Waals surface area contributed by atoms with E-state index >= 15 is 0 Å². The number of carboxylic acids is 1. The quantitative estimate of drug-likeness (QED) is 0.298. The highest BCUT2D eigenvalue weighted by Gasteiger charge is 2.51. The highest BCUT2D eigenvalue weighted by atomic mass is 31.1. The van der Waals surface area contributed by atoms with Crippen molar-refractivity contribution in [3.63, 3.8) is 0 Å². The van der Waals surface area contributed by atoms with E-state index in [1.54, 1.807) is 77.0 Å². The molecule has 0 aromatic heterocycles. The van der Waals surface area contributed by atoms with E-state index < -0.39 is 30.1 Å². The fourth-order valence-corrected chi connectivity index (χ4v) is 11.5. The van der Waals surface area contributed by atoms with E-state index in [4.69, 9.17) is 14.4 Å². The Bertz CT molecular complexity index is 862. The lowest BCUT2D eigenvalue weighted by molar-refractivity contribution is 0.00578. The van der Waals surface area contributed by atoms with Gasteiger partial charge in [-0.1, -0.05) is 71.8 Å². The lowest BCUT2D eigenvalue weighted by atomic mass is 9.78. The predicted molar refractivity (Wildman–Crippen MR) is 157 cm³/mol. The van der Waals surface area contributed by atoms with Crippen LogP contribution in [0.15, 0.2) is 18.2 Å². The second kappa shape index (κ2) is 13.1. The van der Waals surface area contributed by atoms with Crippen LogP contribution in [-0.4, -0.2) is 46.4 Å². The molecule has 0 bridgehead atoms. The third-order valence-electron chi connectivity index (χ3n) is 9.74. The van der Waals surface area contributed by atoms with Crippen LogP contribution < -0.4 is 5.46 Å². The van der Waals surface area contributed by atoms with Crippen molar-refractivity contribution < 1.29 is 23.6 Å². The Morgan fingerprint density at radius 2 is 1.18 bits per heavy atom. The minimum absolute atomic E-state index is 0.361. The molecule has 5 rings (SSSR count). The van der Waals surface area contributed by atoms with Crippen LogP contribution in [-0.2, 0) is 9.31 Å². The van der Waals surface area contributed by atoms with Crippen molar-refractivity contribution in [3.05, 3.63) is 29.6 Å². The number of halogens is 1. The first-order chi connectivity index (χ1) is 18.1. The molecule has 3 saturated carbocycles. The fraction of sp³-hybridized carbons (Fsp3) is 0.774. The monoisotopic (exact) mass is 546 g/mol. The van der Waals surface area contributed by atoms with Crippen LogP contribution in [0.5, 0.6) is 0 Å². The molecule has 212 valence electrons. The van der Waals surface area contributed by atoms with Gasteiger partial charge >= 0.3 is 13.1 Å². The molecule has 1 aliphatic heterocycles. The molecular weight excluding hydrogens is 497 g/mol. The van der Waals surface area contributed by atoms with Crippen molar-refractivity contribution in [1.82, 2.24) is 0 Å². The average Bonchev–Trinajstić information content (AvgIpc) is 3.13. The average molecular weight is 547 g/mol. The molecule has 0 spiro atoms. The molecule has 0 radical (unpaired) electrons. The molecule has 4 nitrogen and oxygen atoms in total. The van der Waals surface area contributed by atoms with Crippen LogP contribution in [0.4, 0.5) is 4.39 Å². The third kappa shape index (κ3) is 7.21. The second-order valence-corrected chi connectivity index (χ2v) is 16.0. The largest absolute Gasteiger partial charge is 0.494 e. The smallest absolute Gasteiger partial charge is 0.478 e. The summed E-state index contributed by atoms with van der Waals surface area (Å²) in [6.45, 7) is 7.59. The molecule has 4 fully saturated rings. The summed E-state index contributed by atoms with van der Waals surface area (Å²) in [6.07, 6.45) is 23.6. The van der Waals surface area contributed by atoms with E-state index in [0.717, 1.165) is 6.07 Å². The molecule has 7 heteroatoms. The van der Waals surface area contributed by atoms with Gasteiger partial charge in [0.2, 0.25) is 0 Å². The normalized spacial score (nSPS) is 24.7. The van der Waals surface area contributed by atoms with Gasteiger partial charge in [-0.15, -0.1) is 0 Å². The topological polar surface area (TPSA) is 55.8 Å². The molecule has 4 aliphatic rings. The molecule has 0 amide bonds. The first kappa shape index (κ1) is 30.0. The van der Waals surface area contributed by atoms with Crippen molar-refractivity contribution in [2.75, 3.05) is 0 Å². The van der Waals surface area contributed by atoms with Crippen LogP contribution in [0.25, 0.3) is 0 Å². The first-order valence-corrected chi connectivity index (χ1v) is 16.8. The molecular formula is C31H49BFO4P. The van der Waals surface area contributed by atoms with Crippen molar-refractivity contribution in [2.24, 2.45) is 0 Å². The molecule has 1 heterocycles. The summed E-state index contributed by atoms with van der Waals surface area (Å²) in [5.41, 5.74) is 2.65. The SMILES string of the molecule is C1CCC(P(C2CCCCC2)C2CCCCC2)CC1.CC1(C)OB(c2ccc(C(=O)O)c(F)c2)OC1(C)C. The lowest BCUT2D eigenvalue weighted by Crippen LogP contribution is -2.41. The summed E-state index contributed by atoms with van der Waals surface area (Å²) < 4.78 is 25.2. The maximum absolute atomic E-state index is 13.6. The minimum atomic E-state index is -1.29. The number of benzene rings is 1. The van der Waals surface area contributed by atoms with Gasteiger partial charge in [-0.3, -0.25) is 0 Å². The maximum atomic E-state index is 13.6. The summed E-state index contributed by atoms with van der Waals surface area (Å²) >= 11 is 0. The Morgan fingerprint density at radius 3 is 1.53 bits per heavy atom. The lowest BCUT2D eigenvalue weighted by Gasteiger charge is -2.44. The van der Waals surface area contributed by atoms with Crippen LogP contribution in [0.3, 0.4) is 0 Å². The highest BCUT2D eigenvalue weighted by molar-refractivity contribution is 7.60. The van der Waals surface area contributed by atoms with Crippen LogP contribution in [0.2, 0.25) is 0 Å². The molecule has 1 N–H and O–H groups in total. The van der Waals surface area contributed by atoms with E-state index in [1.165, 1.54) is 48.4 Å². The van der Waals surface area contributed by atoms with Crippen LogP contribution in [0, 0.1) is 5.82 Å². The van der Waals surface area contributed by atoms with E-state index in [9.17, 15) is 9.18 Å². The van der Waals surface area contributed by atoms with Crippen molar-refractivity contribution in [2.45, 2.75) is 152 Å². The van der Waals surface area contributed by atoms with E-state index in [1.807, 2.05) is 27.7 Å². The Morgan fingerprint density at radius 1 is 0.789 bits per heavy atom. The van der Waals surface area contributed by atoms with Gasteiger partial charge in [0.15, 0.2) is 0 Å². The summed E-state index contributed by atoms with van der Waals surface area (Å²) in [6, 6.07) is 3.87. The minimum Gasteiger partial charge on any atom is -0.478 e. The molecule has 3 aliphatic carbocycles. The van der Waals surface area contributed by atoms with Gasteiger partial charge in [0.05, 0.1) is 16.8 Å². The van der Waals surface area contributed by atoms with Gasteiger partial charge in [0.25, 0.3) is 0 Å². The number of carbonyl (C=O) groups is 1. The van der Waals surface area contributed by atoms with E-state index in [0.29, 0.717) is 13.4 Å². The van der Waals surface area contributed by atoms with Gasteiger partial charge < -0.3 is 14.4 Å². The van der Waals surface area contributed by atoms with Crippen LogP contribution in [0.1, 0.15) is 134 Å². The van der Waals surface area contributed by atoms with Gasteiger partial charge in [-0.05, 0) is 101 Å². The molecule has 1 saturated heterocycles. The Balaban J connectivity index is 0.000000177. The number of hydrogen-bond acceptors (Lipinski definition) is 3. The number of hydrogen-bond donors (Lipinski definition) is 1. The molecule has 1 aromatic rings. The van der Waals surface area contributed by atoms with Crippen molar-refractivity contribution >= 4 is 26.5 Å². The van der Waals surface area contributed by atoms with Gasteiger partial charge in [-0.25, -0.2) is 9.18 Å². The van der Waals surface area contributed by atoms with Gasteiger partial charge in [0.1, 0.15) is 5.82 Å². The summed E-state index contributed by atoms with van der Waals surface area (Å²) in [5, 5.41) is 8.79. The molecule has 38 heavy (non-hydrogen) atoms. The van der Waals surface area contributed by atoms with E-state index in [2.05, 4.69) is 0 Å². The highest BCUT2D eigenvalue weighted by Crippen LogP contribution is 2.61. The summed E-state index contributed by atoms with van der Waals surface area (Å²) in [5.74, 6) is -2.09. The predicted octanol–water partition coefficient (Wildman–Crippen LogP) is 8.29. The van der Waals surface area contributed by atoms with Gasteiger partial charge in [0, 0.05) is 0 Å².